The van der Waals surface area contributed by atoms with Gasteiger partial charge < -0.3 is 5.32 Å². The highest BCUT2D eigenvalue weighted by molar-refractivity contribution is 5.96. The van der Waals surface area contributed by atoms with E-state index in [9.17, 15) is 0 Å². The Morgan fingerprint density at radius 1 is 0.241 bits per heavy atom. The van der Waals surface area contributed by atoms with Gasteiger partial charge in [-0.05, 0) is 142 Å². The van der Waals surface area contributed by atoms with Gasteiger partial charge >= 0.3 is 0 Å². The topological polar surface area (TPSA) is 12.0 Å². The highest BCUT2D eigenvalue weighted by Gasteiger charge is 2.51. The molecule has 1 spiro atoms. The molecule has 0 heterocycles. The van der Waals surface area contributed by atoms with Crippen molar-refractivity contribution in [2.75, 3.05) is 5.32 Å². The van der Waals surface area contributed by atoms with E-state index in [4.69, 9.17) is 0 Å². The molecule has 0 radical (unpaired) electrons. The number of anilines is 2. The second-order valence-corrected chi connectivity index (χ2v) is 15.8. The van der Waals surface area contributed by atoms with Crippen LogP contribution < -0.4 is 5.32 Å². The molecule has 2 aliphatic rings. The maximum atomic E-state index is 3.76. The predicted molar refractivity (Wildman–Crippen MR) is 244 cm³/mol. The third-order valence-corrected chi connectivity index (χ3v) is 12.6. The fourth-order valence-corrected chi connectivity index (χ4v) is 9.91. The average Bonchev–Trinajstić information content (AvgIpc) is 3.76. The van der Waals surface area contributed by atoms with Crippen molar-refractivity contribution in [3.8, 4) is 55.6 Å². The van der Waals surface area contributed by atoms with E-state index in [1.807, 2.05) is 0 Å². The van der Waals surface area contributed by atoms with Crippen molar-refractivity contribution < 1.29 is 0 Å². The molecular formula is C57H37N. The first-order valence-corrected chi connectivity index (χ1v) is 20.2. The van der Waals surface area contributed by atoms with Crippen molar-refractivity contribution in [2.45, 2.75) is 5.41 Å². The molecular weight excluding hydrogens is 699 g/mol. The van der Waals surface area contributed by atoms with Crippen LogP contribution in [0.3, 0.4) is 0 Å². The molecule has 1 heteroatoms. The molecule has 10 aromatic rings. The Hall–Kier alpha value is -7.48. The van der Waals surface area contributed by atoms with E-state index in [1.54, 1.807) is 0 Å². The maximum absolute atomic E-state index is 3.76. The van der Waals surface area contributed by atoms with E-state index in [-0.39, 0.29) is 5.41 Å². The molecule has 1 N–H and O–H groups in total. The Morgan fingerprint density at radius 3 is 1.16 bits per heavy atom. The zero-order valence-corrected chi connectivity index (χ0v) is 31.8. The molecule has 0 unspecified atom stereocenters. The second kappa shape index (κ2) is 12.8. The van der Waals surface area contributed by atoms with Gasteiger partial charge in [0, 0.05) is 11.4 Å². The summed E-state index contributed by atoms with van der Waals surface area (Å²) in [5.74, 6) is 0. The number of hydrogen-bond acceptors (Lipinski definition) is 1. The van der Waals surface area contributed by atoms with Crippen molar-refractivity contribution in [3.05, 3.63) is 241 Å². The van der Waals surface area contributed by atoms with Crippen molar-refractivity contribution in [1.82, 2.24) is 0 Å². The molecule has 10 aromatic carbocycles. The molecule has 0 saturated heterocycles. The van der Waals surface area contributed by atoms with Gasteiger partial charge in [-0.25, -0.2) is 0 Å². The zero-order valence-electron chi connectivity index (χ0n) is 31.8. The number of nitrogens with one attached hydrogen (secondary N) is 1. The Labute approximate surface area is 338 Å². The molecule has 0 aliphatic heterocycles. The number of rotatable bonds is 5. The van der Waals surface area contributed by atoms with Crippen LogP contribution in [0.5, 0.6) is 0 Å². The first-order chi connectivity index (χ1) is 28.7. The molecule has 2 aliphatic carbocycles. The van der Waals surface area contributed by atoms with Crippen LogP contribution in [0.1, 0.15) is 22.3 Å². The van der Waals surface area contributed by atoms with Gasteiger partial charge in [-0.1, -0.05) is 176 Å². The standard InChI is InChI=1S/C57H37N/c1-2-10-41-33-43(22-21-37(41)9-1)46-26-25-44-34-42(23-24-45(44)35-46)40-19-17-38(18-20-40)39-27-29-47(30-28-39)58-48-31-32-52-51-13-5-8-16-55(51)57(56(52)36-48)53-14-6-3-11-49(53)50-12-4-7-15-54(50)57/h1-36,58H. The van der Waals surface area contributed by atoms with Crippen LogP contribution in [0.4, 0.5) is 11.4 Å². The lowest BCUT2D eigenvalue weighted by Crippen LogP contribution is -2.25. The summed E-state index contributed by atoms with van der Waals surface area (Å²) in [7, 11) is 0. The third-order valence-electron chi connectivity index (χ3n) is 12.6. The maximum Gasteiger partial charge on any atom is 0.0726 e. The normalized spacial score (nSPS) is 13.0. The van der Waals surface area contributed by atoms with Gasteiger partial charge in [-0.15, -0.1) is 0 Å². The highest BCUT2D eigenvalue weighted by atomic mass is 14.9. The van der Waals surface area contributed by atoms with E-state index < -0.39 is 0 Å². The van der Waals surface area contributed by atoms with Gasteiger partial charge in [0.15, 0.2) is 0 Å². The SMILES string of the molecule is c1ccc2c(c1)-c1ccccc1C21c2ccccc2-c2ccc(Nc3ccc(-c4ccc(-c5ccc6cc(-c7ccc8ccccc8c7)ccc6c5)cc4)cc3)cc21. The number of hydrogen-bond donors (Lipinski definition) is 1. The van der Waals surface area contributed by atoms with E-state index in [2.05, 4.69) is 224 Å². The molecule has 270 valence electrons. The Morgan fingerprint density at radius 2 is 0.603 bits per heavy atom. The Bertz CT molecular complexity index is 3180. The molecule has 0 fully saturated rings. The number of benzene rings is 10. The lowest BCUT2D eigenvalue weighted by Gasteiger charge is -2.30. The second-order valence-electron chi connectivity index (χ2n) is 15.8. The van der Waals surface area contributed by atoms with Gasteiger partial charge in [0.25, 0.3) is 0 Å². The Kier molecular flexibility index (Phi) is 7.21. The summed E-state index contributed by atoms with van der Waals surface area (Å²) in [5, 5.41) is 8.79. The Balaban J connectivity index is 0.807. The number of fused-ring (bicyclic) bond motifs is 12. The summed E-state index contributed by atoms with van der Waals surface area (Å²) in [6.45, 7) is 0. The summed E-state index contributed by atoms with van der Waals surface area (Å²) < 4.78 is 0. The van der Waals surface area contributed by atoms with Gasteiger partial charge in [0.05, 0.1) is 5.41 Å². The van der Waals surface area contributed by atoms with Gasteiger partial charge in [-0.3, -0.25) is 0 Å². The summed E-state index contributed by atoms with van der Waals surface area (Å²) >= 11 is 0. The minimum Gasteiger partial charge on any atom is -0.356 e. The fourth-order valence-electron chi connectivity index (χ4n) is 9.91. The van der Waals surface area contributed by atoms with Crippen molar-refractivity contribution in [3.63, 3.8) is 0 Å². The van der Waals surface area contributed by atoms with Gasteiger partial charge in [0.2, 0.25) is 0 Å². The van der Waals surface area contributed by atoms with Crippen LogP contribution in [0.25, 0.3) is 77.2 Å². The fraction of sp³-hybridized carbons (Fsp3) is 0.0175. The lowest BCUT2D eigenvalue weighted by molar-refractivity contribution is 0.794. The predicted octanol–water partition coefficient (Wildman–Crippen LogP) is 15.1. The highest BCUT2D eigenvalue weighted by Crippen LogP contribution is 2.63. The molecule has 0 aromatic heterocycles. The average molecular weight is 736 g/mol. The minimum absolute atomic E-state index is 0.346. The summed E-state index contributed by atoms with van der Waals surface area (Å²) in [5.41, 5.74) is 19.8. The molecule has 58 heavy (non-hydrogen) atoms. The van der Waals surface area contributed by atoms with Gasteiger partial charge in [0.1, 0.15) is 0 Å². The first-order valence-electron chi connectivity index (χ1n) is 20.2. The smallest absolute Gasteiger partial charge is 0.0726 e. The summed E-state index contributed by atoms with van der Waals surface area (Å²) in [6.07, 6.45) is 0. The first kappa shape index (κ1) is 32.7. The quantitative estimate of drug-likeness (QED) is 0.186. The lowest BCUT2D eigenvalue weighted by atomic mass is 9.70. The van der Waals surface area contributed by atoms with Crippen LogP contribution in [-0.4, -0.2) is 0 Å². The van der Waals surface area contributed by atoms with Crippen molar-refractivity contribution in [2.24, 2.45) is 0 Å². The molecule has 1 nitrogen and oxygen atoms in total. The summed E-state index contributed by atoms with van der Waals surface area (Å²) in [6, 6.07) is 80.5. The molecule has 12 rings (SSSR count). The largest absolute Gasteiger partial charge is 0.356 e. The van der Waals surface area contributed by atoms with Crippen molar-refractivity contribution in [1.29, 1.82) is 0 Å². The monoisotopic (exact) mass is 735 g/mol. The van der Waals surface area contributed by atoms with Crippen LogP contribution in [0.15, 0.2) is 218 Å². The van der Waals surface area contributed by atoms with Crippen molar-refractivity contribution >= 4 is 32.9 Å². The van der Waals surface area contributed by atoms with Gasteiger partial charge in [-0.2, -0.15) is 0 Å². The molecule has 0 saturated carbocycles. The van der Waals surface area contributed by atoms with E-state index >= 15 is 0 Å². The van der Waals surface area contributed by atoms with Crippen LogP contribution in [0.2, 0.25) is 0 Å². The zero-order chi connectivity index (χ0) is 38.2. The van der Waals surface area contributed by atoms with E-state index in [0.29, 0.717) is 0 Å². The van der Waals surface area contributed by atoms with E-state index in [1.165, 1.54) is 99.4 Å². The van der Waals surface area contributed by atoms with Crippen LogP contribution >= 0.6 is 0 Å². The molecule has 0 amide bonds. The summed E-state index contributed by atoms with van der Waals surface area (Å²) in [4.78, 5) is 0. The molecule has 0 atom stereocenters. The van der Waals surface area contributed by atoms with Crippen LogP contribution in [0, 0.1) is 0 Å². The van der Waals surface area contributed by atoms with Crippen LogP contribution in [-0.2, 0) is 5.41 Å². The molecule has 0 bridgehead atoms. The minimum atomic E-state index is -0.346. The third kappa shape index (κ3) is 4.97. The van der Waals surface area contributed by atoms with E-state index in [0.717, 1.165) is 11.4 Å².